The monoisotopic (exact) mass is 526 g/mol. The third-order valence-corrected chi connectivity index (χ3v) is 6.09. The van der Waals surface area contributed by atoms with Gasteiger partial charge in [-0.05, 0) is 30.3 Å². The van der Waals surface area contributed by atoms with Gasteiger partial charge in [0.25, 0.3) is 0 Å². The van der Waals surface area contributed by atoms with Crippen molar-refractivity contribution < 1.29 is 39.1 Å². The summed E-state index contributed by atoms with van der Waals surface area (Å²) in [6.45, 7) is -0.495. The number of anilines is 1. The molecule has 3 aromatic rings. The van der Waals surface area contributed by atoms with Crippen molar-refractivity contribution in [1.29, 1.82) is 5.41 Å². The topological polar surface area (TPSA) is 204 Å². The van der Waals surface area contributed by atoms with Crippen LogP contribution in [0.15, 0.2) is 71.3 Å². The molecule has 0 bridgehead atoms. The van der Waals surface area contributed by atoms with E-state index in [0.29, 0.717) is 22.6 Å². The van der Waals surface area contributed by atoms with Crippen LogP contribution in [0.4, 0.5) is 5.69 Å². The SMILES string of the molecule is N=C(N)c1cccc(NC(C(=O)NCc2ccco2)c2ccccc2OC2OC(CO)C(O)C(O)C2O)c1. The number of ether oxygens (including phenoxy) is 2. The van der Waals surface area contributed by atoms with Gasteiger partial charge in [-0.2, -0.15) is 0 Å². The number of benzene rings is 2. The van der Waals surface area contributed by atoms with Crippen molar-refractivity contribution in [1.82, 2.24) is 5.32 Å². The lowest BCUT2D eigenvalue weighted by molar-refractivity contribution is -0.277. The van der Waals surface area contributed by atoms with Crippen molar-refractivity contribution in [2.24, 2.45) is 5.73 Å². The Morgan fingerprint density at radius 1 is 1.05 bits per heavy atom. The van der Waals surface area contributed by atoms with Gasteiger partial charge < -0.3 is 50.7 Å². The molecule has 202 valence electrons. The number of rotatable bonds is 10. The molecule has 6 atom stereocenters. The Kier molecular flexibility index (Phi) is 8.61. The molecule has 0 spiro atoms. The van der Waals surface area contributed by atoms with Crippen LogP contribution in [0, 0.1) is 5.41 Å². The summed E-state index contributed by atoms with van der Waals surface area (Å²) < 4.78 is 16.7. The van der Waals surface area contributed by atoms with Gasteiger partial charge in [-0.15, -0.1) is 0 Å². The summed E-state index contributed by atoms with van der Waals surface area (Å²) in [5.41, 5.74) is 6.93. The fourth-order valence-electron chi connectivity index (χ4n) is 4.03. The first-order chi connectivity index (χ1) is 18.3. The van der Waals surface area contributed by atoms with Crippen LogP contribution in [0.25, 0.3) is 0 Å². The number of amidine groups is 1. The zero-order valence-corrected chi connectivity index (χ0v) is 20.2. The number of hydrogen-bond donors (Lipinski definition) is 8. The lowest BCUT2D eigenvalue weighted by atomic mass is 9.99. The summed E-state index contributed by atoms with van der Waals surface area (Å²) in [5.74, 6) is 0.102. The smallest absolute Gasteiger partial charge is 0.247 e. The quantitative estimate of drug-likeness (QED) is 0.133. The molecule has 6 unspecified atom stereocenters. The van der Waals surface area contributed by atoms with Gasteiger partial charge in [-0.3, -0.25) is 10.2 Å². The van der Waals surface area contributed by atoms with E-state index < -0.39 is 49.3 Å². The molecule has 0 aliphatic carbocycles. The maximum Gasteiger partial charge on any atom is 0.247 e. The Morgan fingerprint density at radius 3 is 2.55 bits per heavy atom. The number of nitrogen functional groups attached to an aromatic ring is 1. The van der Waals surface area contributed by atoms with E-state index in [-0.39, 0.29) is 18.1 Å². The normalized spacial score (nSPS) is 23.8. The van der Waals surface area contributed by atoms with Crippen LogP contribution < -0.4 is 21.1 Å². The number of carbonyl (C=O) groups is 1. The third kappa shape index (κ3) is 6.13. The molecule has 12 heteroatoms. The van der Waals surface area contributed by atoms with Crippen LogP contribution in [0.5, 0.6) is 5.75 Å². The number of furan rings is 1. The number of carbonyl (C=O) groups excluding carboxylic acids is 1. The van der Waals surface area contributed by atoms with E-state index >= 15 is 0 Å². The summed E-state index contributed by atoms with van der Waals surface area (Å²) in [7, 11) is 0. The van der Waals surface area contributed by atoms with Crippen molar-refractivity contribution >= 4 is 17.4 Å². The Hall–Kier alpha value is -3.94. The van der Waals surface area contributed by atoms with Crippen LogP contribution in [-0.4, -0.2) is 69.5 Å². The zero-order chi connectivity index (χ0) is 27.2. The minimum atomic E-state index is -1.63. The molecule has 1 saturated heterocycles. The maximum absolute atomic E-state index is 13.4. The Bertz CT molecular complexity index is 1240. The van der Waals surface area contributed by atoms with Gasteiger partial charge in [0, 0.05) is 16.8 Å². The maximum atomic E-state index is 13.4. The molecule has 2 heterocycles. The molecule has 1 aliphatic heterocycles. The van der Waals surface area contributed by atoms with Crippen molar-refractivity contribution in [2.75, 3.05) is 11.9 Å². The number of hydrogen-bond acceptors (Lipinski definition) is 10. The molecule has 4 rings (SSSR count). The lowest BCUT2D eigenvalue weighted by Crippen LogP contribution is -2.60. The van der Waals surface area contributed by atoms with Crippen LogP contribution in [0.1, 0.15) is 22.9 Å². The second-order valence-electron chi connectivity index (χ2n) is 8.72. The first-order valence-electron chi connectivity index (χ1n) is 11.9. The number of amides is 1. The highest BCUT2D eigenvalue weighted by Crippen LogP contribution is 2.32. The highest BCUT2D eigenvalue weighted by atomic mass is 16.7. The van der Waals surface area contributed by atoms with Crippen LogP contribution in [0.2, 0.25) is 0 Å². The summed E-state index contributed by atoms with van der Waals surface area (Å²) in [6.07, 6.45) is -5.91. The first-order valence-corrected chi connectivity index (χ1v) is 11.9. The second-order valence-corrected chi connectivity index (χ2v) is 8.72. The highest BCUT2D eigenvalue weighted by molar-refractivity contribution is 5.96. The fraction of sp³-hybridized carbons (Fsp3) is 0.308. The molecular formula is C26H30N4O8. The Labute approximate surface area is 218 Å². The van der Waals surface area contributed by atoms with E-state index in [1.54, 1.807) is 60.7 Å². The largest absolute Gasteiger partial charge is 0.467 e. The van der Waals surface area contributed by atoms with Gasteiger partial charge in [-0.1, -0.05) is 30.3 Å². The fourth-order valence-corrected chi connectivity index (χ4v) is 4.03. The summed E-state index contributed by atoms with van der Waals surface area (Å²) >= 11 is 0. The number of nitrogens with two attached hydrogens (primary N) is 1. The molecule has 38 heavy (non-hydrogen) atoms. The van der Waals surface area contributed by atoms with E-state index in [0.717, 1.165) is 0 Å². The van der Waals surface area contributed by atoms with Crippen molar-refractivity contribution in [3.63, 3.8) is 0 Å². The molecule has 1 amide bonds. The highest BCUT2D eigenvalue weighted by Gasteiger charge is 2.45. The Balaban J connectivity index is 1.64. The minimum Gasteiger partial charge on any atom is -0.467 e. The predicted molar refractivity (Wildman–Crippen MR) is 135 cm³/mol. The number of nitrogens with one attached hydrogen (secondary N) is 3. The van der Waals surface area contributed by atoms with Crippen LogP contribution in [-0.2, 0) is 16.1 Å². The van der Waals surface area contributed by atoms with Gasteiger partial charge >= 0.3 is 0 Å². The van der Waals surface area contributed by atoms with Gasteiger partial charge in [0.1, 0.15) is 47.8 Å². The molecule has 12 nitrogen and oxygen atoms in total. The van der Waals surface area contributed by atoms with E-state index in [9.17, 15) is 25.2 Å². The number of para-hydroxylation sites is 1. The van der Waals surface area contributed by atoms with E-state index in [1.807, 2.05) is 0 Å². The van der Waals surface area contributed by atoms with E-state index in [4.69, 9.17) is 25.0 Å². The Morgan fingerprint density at radius 2 is 1.84 bits per heavy atom. The average molecular weight is 527 g/mol. The molecule has 0 saturated carbocycles. The minimum absolute atomic E-state index is 0.118. The summed E-state index contributed by atoms with van der Waals surface area (Å²) in [6, 6.07) is 15.6. The lowest BCUT2D eigenvalue weighted by Gasteiger charge is -2.39. The average Bonchev–Trinajstić information content (AvgIpc) is 3.45. The molecule has 1 aromatic heterocycles. The molecule has 2 aromatic carbocycles. The van der Waals surface area contributed by atoms with Crippen LogP contribution >= 0.6 is 0 Å². The van der Waals surface area contributed by atoms with Crippen LogP contribution in [0.3, 0.4) is 0 Å². The molecule has 9 N–H and O–H groups in total. The van der Waals surface area contributed by atoms with Gasteiger partial charge in [-0.25, -0.2) is 0 Å². The molecular weight excluding hydrogens is 496 g/mol. The van der Waals surface area contributed by atoms with E-state index in [2.05, 4.69) is 10.6 Å². The number of aliphatic hydroxyl groups excluding tert-OH is 4. The molecule has 1 aliphatic rings. The standard InChI is InChI=1S/C26H30N4O8/c27-24(28)14-5-3-6-15(11-14)30-20(25(35)29-12-16-7-4-10-36-16)17-8-1-2-9-18(17)37-26-23(34)22(33)21(32)19(13-31)38-26/h1-11,19-23,26,30-34H,12-13H2,(H3,27,28)(H,29,35). The van der Waals surface area contributed by atoms with Gasteiger partial charge in [0.05, 0.1) is 19.4 Å². The van der Waals surface area contributed by atoms with Crippen molar-refractivity contribution in [2.45, 2.75) is 43.3 Å². The van der Waals surface area contributed by atoms with Gasteiger partial charge in [0.15, 0.2) is 0 Å². The summed E-state index contributed by atoms with van der Waals surface area (Å²) in [4.78, 5) is 13.4. The summed E-state index contributed by atoms with van der Waals surface area (Å²) in [5, 5.41) is 53.8. The molecule has 1 fully saturated rings. The van der Waals surface area contributed by atoms with Crippen molar-refractivity contribution in [3.05, 3.63) is 83.8 Å². The van der Waals surface area contributed by atoms with Crippen molar-refractivity contribution in [3.8, 4) is 5.75 Å². The molecule has 0 radical (unpaired) electrons. The second kappa shape index (κ2) is 12.1. The third-order valence-electron chi connectivity index (χ3n) is 6.09. The first kappa shape index (κ1) is 27.1. The predicted octanol–water partition coefficient (Wildman–Crippen LogP) is 0.212. The number of aliphatic hydroxyl groups is 4. The van der Waals surface area contributed by atoms with Gasteiger partial charge in [0.2, 0.25) is 12.2 Å². The zero-order valence-electron chi connectivity index (χ0n) is 20.2. The van der Waals surface area contributed by atoms with E-state index in [1.165, 1.54) is 6.26 Å².